The van der Waals surface area contributed by atoms with Crippen LogP contribution in [0.2, 0.25) is 5.02 Å². The Labute approximate surface area is 170 Å². The van der Waals surface area contributed by atoms with Crippen LogP contribution >= 0.6 is 11.6 Å². The first-order chi connectivity index (χ1) is 13.6. The second-order valence-electron chi connectivity index (χ2n) is 7.60. The number of nitrogens with zero attached hydrogens (tertiary/aromatic N) is 2. The first-order valence-electron chi connectivity index (χ1n) is 9.57. The molecule has 0 bridgehead atoms. The Morgan fingerprint density at radius 1 is 0.857 bits per heavy atom. The molecule has 0 saturated heterocycles. The molecule has 2 nitrogen and oxygen atoms in total. The van der Waals surface area contributed by atoms with E-state index in [-0.39, 0.29) is 5.92 Å². The molecule has 1 heterocycles. The lowest BCUT2D eigenvalue weighted by molar-refractivity contribution is 0.794. The van der Waals surface area contributed by atoms with Gasteiger partial charge in [0.05, 0.1) is 5.69 Å². The van der Waals surface area contributed by atoms with Crippen molar-refractivity contribution in [3.8, 4) is 11.3 Å². The lowest BCUT2D eigenvalue weighted by Gasteiger charge is -2.30. The van der Waals surface area contributed by atoms with Crippen molar-refractivity contribution in [3.05, 3.63) is 94.5 Å². The molecule has 0 amide bonds. The van der Waals surface area contributed by atoms with Crippen LogP contribution in [0.4, 0.5) is 5.82 Å². The molecule has 3 heteroatoms. The zero-order chi connectivity index (χ0) is 19.3. The average Bonchev–Trinajstić information content (AvgIpc) is 2.73. The molecular formula is C25H21ClN2. The number of anilines is 1. The van der Waals surface area contributed by atoms with E-state index < -0.39 is 0 Å². The van der Waals surface area contributed by atoms with Crippen molar-refractivity contribution in [3.63, 3.8) is 0 Å². The first kappa shape index (κ1) is 17.3. The predicted molar refractivity (Wildman–Crippen MR) is 119 cm³/mol. The van der Waals surface area contributed by atoms with Crippen LogP contribution < -0.4 is 4.90 Å². The number of fused-ring (bicyclic) bond motifs is 5. The van der Waals surface area contributed by atoms with E-state index in [9.17, 15) is 0 Å². The molecule has 0 fully saturated rings. The van der Waals surface area contributed by atoms with Gasteiger partial charge in [-0.05, 0) is 40.6 Å². The van der Waals surface area contributed by atoms with Crippen LogP contribution in [0.3, 0.4) is 0 Å². The van der Waals surface area contributed by atoms with Crippen LogP contribution in [0.1, 0.15) is 22.6 Å². The molecule has 1 aromatic heterocycles. The lowest BCUT2D eigenvalue weighted by Crippen LogP contribution is -2.18. The quantitative estimate of drug-likeness (QED) is 0.402. The Kier molecular flexibility index (Phi) is 4.10. The van der Waals surface area contributed by atoms with Crippen molar-refractivity contribution >= 4 is 28.2 Å². The van der Waals surface area contributed by atoms with Crippen molar-refractivity contribution in [2.75, 3.05) is 19.0 Å². The summed E-state index contributed by atoms with van der Waals surface area (Å²) in [7, 11) is 4.12. The van der Waals surface area contributed by atoms with Crippen LogP contribution in [0.15, 0.2) is 72.8 Å². The fourth-order valence-corrected chi connectivity index (χ4v) is 4.52. The van der Waals surface area contributed by atoms with Gasteiger partial charge in [-0.3, -0.25) is 0 Å². The van der Waals surface area contributed by atoms with Crippen LogP contribution in [-0.4, -0.2) is 19.1 Å². The normalized spacial score (nSPS) is 15.2. The van der Waals surface area contributed by atoms with Gasteiger partial charge >= 0.3 is 0 Å². The molecule has 1 aliphatic carbocycles. The van der Waals surface area contributed by atoms with Gasteiger partial charge in [0.25, 0.3) is 0 Å². The van der Waals surface area contributed by atoms with Gasteiger partial charge in [0, 0.05) is 36.0 Å². The summed E-state index contributed by atoms with van der Waals surface area (Å²) in [5, 5.41) is 3.25. The Bertz CT molecular complexity index is 1180. The minimum absolute atomic E-state index is 0.260. The molecule has 4 aromatic rings. The second-order valence-corrected chi connectivity index (χ2v) is 8.04. The summed E-state index contributed by atoms with van der Waals surface area (Å²) in [6, 6.07) is 25.6. The molecule has 1 aliphatic rings. The zero-order valence-corrected chi connectivity index (χ0v) is 16.7. The summed E-state index contributed by atoms with van der Waals surface area (Å²) in [5.41, 5.74) is 6.30. The summed E-state index contributed by atoms with van der Waals surface area (Å²) in [4.78, 5) is 7.28. The van der Waals surface area contributed by atoms with Crippen LogP contribution in [0.5, 0.6) is 0 Å². The van der Waals surface area contributed by atoms with Gasteiger partial charge in [0.2, 0.25) is 0 Å². The van der Waals surface area contributed by atoms with E-state index in [1.54, 1.807) is 0 Å². The Balaban J connectivity index is 1.87. The van der Waals surface area contributed by atoms with Crippen LogP contribution in [0.25, 0.3) is 22.0 Å². The predicted octanol–water partition coefficient (Wildman–Crippen LogP) is 6.31. The number of pyridine rings is 1. The summed E-state index contributed by atoms with van der Waals surface area (Å²) in [6.45, 7) is 0. The lowest BCUT2D eigenvalue weighted by atomic mass is 9.76. The molecule has 28 heavy (non-hydrogen) atoms. The Morgan fingerprint density at radius 2 is 1.54 bits per heavy atom. The maximum atomic E-state index is 6.16. The highest BCUT2D eigenvalue weighted by Crippen LogP contribution is 2.46. The average molecular weight is 385 g/mol. The van der Waals surface area contributed by atoms with E-state index in [1.807, 2.05) is 12.1 Å². The van der Waals surface area contributed by atoms with E-state index in [1.165, 1.54) is 33.0 Å². The largest absolute Gasteiger partial charge is 0.362 e. The topological polar surface area (TPSA) is 16.1 Å². The standard InChI is InChI=1S/C25H21ClN2/c1-28(2)25-21-10-6-5-9-20(21)23-22(16-11-13-18(26)14-12-16)15-17-7-3-4-8-19(17)24(23)27-25/h3-14,22H,15H2,1-2H3. The Hall–Kier alpha value is -2.84. The minimum Gasteiger partial charge on any atom is -0.362 e. The number of benzene rings is 3. The molecule has 0 spiro atoms. The van der Waals surface area contributed by atoms with Gasteiger partial charge in [-0.25, -0.2) is 4.98 Å². The maximum Gasteiger partial charge on any atom is 0.136 e. The van der Waals surface area contributed by atoms with Gasteiger partial charge in [0.1, 0.15) is 5.82 Å². The minimum atomic E-state index is 0.260. The third-order valence-corrected chi connectivity index (χ3v) is 5.92. The van der Waals surface area contributed by atoms with E-state index in [4.69, 9.17) is 16.6 Å². The van der Waals surface area contributed by atoms with Crippen molar-refractivity contribution in [2.45, 2.75) is 12.3 Å². The first-order valence-corrected chi connectivity index (χ1v) is 9.95. The monoisotopic (exact) mass is 384 g/mol. The number of hydrogen-bond donors (Lipinski definition) is 0. The van der Waals surface area contributed by atoms with Gasteiger partial charge in [0.15, 0.2) is 0 Å². The molecule has 0 N–H and O–H groups in total. The van der Waals surface area contributed by atoms with Gasteiger partial charge < -0.3 is 4.90 Å². The van der Waals surface area contributed by atoms with E-state index in [2.05, 4.69) is 79.7 Å². The fourth-order valence-electron chi connectivity index (χ4n) is 4.40. The molecule has 1 atom stereocenters. The smallest absolute Gasteiger partial charge is 0.136 e. The zero-order valence-electron chi connectivity index (χ0n) is 16.0. The molecule has 0 aliphatic heterocycles. The SMILES string of the molecule is CN(C)c1nc2c(c3ccccc13)C(c1ccc(Cl)cc1)Cc1ccccc1-2. The molecule has 0 radical (unpaired) electrons. The summed E-state index contributed by atoms with van der Waals surface area (Å²) >= 11 is 6.16. The number of rotatable bonds is 2. The van der Waals surface area contributed by atoms with Crippen molar-refractivity contribution in [1.82, 2.24) is 4.98 Å². The van der Waals surface area contributed by atoms with Crippen LogP contribution in [0, 0.1) is 0 Å². The number of hydrogen-bond acceptors (Lipinski definition) is 2. The van der Waals surface area contributed by atoms with Crippen molar-refractivity contribution < 1.29 is 0 Å². The molecule has 0 saturated carbocycles. The molecule has 1 unspecified atom stereocenters. The maximum absolute atomic E-state index is 6.16. The number of halogens is 1. The van der Waals surface area contributed by atoms with Crippen molar-refractivity contribution in [2.24, 2.45) is 0 Å². The van der Waals surface area contributed by atoms with E-state index >= 15 is 0 Å². The van der Waals surface area contributed by atoms with Crippen LogP contribution in [-0.2, 0) is 6.42 Å². The second kappa shape index (κ2) is 6.65. The van der Waals surface area contributed by atoms with Gasteiger partial charge in [-0.2, -0.15) is 0 Å². The Morgan fingerprint density at radius 3 is 2.29 bits per heavy atom. The molecule has 138 valence electrons. The molecule has 3 aromatic carbocycles. The molecule has 5 rings (SSSR count). The fraction of sp³-hybridized carbons (Fsp3) is 0.160. The third kappa shape index (κ3) is 2.68. The third-order valence-electron chi connectivity index (χ3n) is 5.67. The highest BCUT2D eigenvalue weighted by molar-refractivity contribution is 6.30. The van der Waals surface area contributed by atoms with E-state index in [0.717, 1.165) is 23.0 Å². The highest BCUT2D eigenvalue weighted by Gasteiger charge is 2.30. The summed E-state index contributed by atoms with van der Waals surface area (Å²) < 4.78 is 0. The highest BCUT2D eigenvalue weighted by atomic mass is 35.5. The number of aromatic nitrogens is 1. The van der Waals surface area contributed by atoms with Gasteiger partial charge in [-0.1, -0.05) is 72.3 Å². The van der Waals surface area contributed by atoms with Gasteiger partial charge in [-0.15, -0.1) is 0 Å². The summed E-state index contributed by atoms with van der Waals surface area (Å²) in [5.74, 6) is 1.27. The van der Waals surface area contributed by atoms with Crippen molar-refractivity contribution in [1.29, 1.82) is 0 Å². The molecular weight excluding hydrogens is 364 g/mol. The van der Waals surface area contributed by atoms with E-state index in [0.29, 0.717) is 0 Å². The summed E-state index contributed by atoms with van der Waals surface area (Å²) in [6.07, 6.45) is 0.970.